The molecule has 0 fully saturated rings. The molecule has 0 spiro atoms. The van der Waals surface area contributed by atoms with Gasteiger partial charge in [-0.05, 0) is 31.2 Å². The molecule has 1 amide bonds. The van der Waals surface area contributed by atoms with Crippen LogP contribution in [0, 0.1) is 6.92 Å². The molecule has 2 N–H and O–H groups in total. The minimum Gasteiger partial charge on any atom is -0.493 e. The van der Waals surface area contributed by atoms with Crippen molar-refractivity contribution in [1.29, 1.82) is 0 Å². The van der Waals surface area contributed by atoms with E-state index in [9.17, 15) is 4.79 Å². The zero-order valence-corrected chi connectivity index (χ0v) is 16.1. The summed E-state index contributed by atoms with van der Waals surface area (Å²) < 4.78 is 12.4. The number of hydrogen-bond acceptors (Lipinski definition) is 6. The maximum absolute atomic E-state index is 12.5. The number of nitrogens with one attached hydrogen (secondary N) is 2. The molecule has 146 valence electrons. The monoisotopic (exact) mass is 381 g/mol. The van der Waals surface area contributed by atoms with Crippen LogP contribution in [0.2, 0.25) is 0 Å². The minimum atomic E-state index is -0.232. The molecule has 8 nitrogen and oxygen atoms in total. The van der Waals surface area contributed by atoms with Crippen LogP contribution in [0.3, 0.4) is 0 Å². The zero-order valence-electron chi connectivity index (χ0n) is 16.1. The van der Waals surface area contributed by atoms with Crippen molar-refractivity contribution in [2.75, 3.05) is 32.6 Å². The Morgan fingerprint density at radius 1 is 1.07 bits per heavy atom. The molecule has 1 aromatic carbocycles. The summed E-state index contributed by atoms with van der Waals surface area (Å²) in [6.07, 6.45) is 3.85. The van der Waals surface area contributed by atoms with Gasteiger partial charge in [0.05, 0.1) is 19.8 Å². The summed E-state index contributed by atoms with van der Waals surface area (Å²) in [6.45, 7) is 2.77. The number of hydrogen-bond donors (Lipinski definition) is 2. The topological polar surface area (TPSA) is 90.3 Å². The van der Waals surface area contributed by atoms with Gasteiger partial charge in [0, 0.05) is 31.5 Å². The highest BCUT2D eigenvalue weighted by Crippen LogP contribution is 2.30. The largest absolute Gasteiger partial charge is 0.493 e. The molecule has 3 aromatic rings. The molecule has 3 rings (SSSR count). The number of aryl methyl sites for hydroxylation is 1. The normalized spacial score (nSPS) is 10.4. The predicted molar refractivity (Wildman–Crippen MR) is 106 cm³/mol. The number of amides is 1. The number of benzene rings is 1. The number of methoxy groups -OCH3 is 2. The molecule has 0 atom stereocenters. The van der Waals surface area contributed by atoms with E-state index in [2.05, 4.69) is 20.6 Å². The fourth-order valence-corrected chi connectivity index (χ4v) is 2.79. The standard InChI is InChI=1S/C20H23N5O3/c1-14-23-17(13-18(24-14)25-11-4-5-12-25)21-9-10-22-20(26)15-7-6-8-16(27-2)19(15)28-3/h4-8,11-13H,9-10H2,1-3H3,(H,22,26)(H,21,23,24). The number of carbonyl (C=O) groups is 1. The third kappa shape index (κ3) is 4.40. The van der Waals surface area contributed by atoms with Gasteiger partial charge in [0.15, 0.2) is 11.5 Å². The second-order valence-electron chi connectivity index (χ2n) is 5.97. The van der Waals surface area contributed by atoms with E-state index in [-0.39, 0.29) is 5.91 Å². The van der Waals surface area contributed by atoms with Gasteiger partial charge in [-0.3, -0.25) is 4.79 Å². The molecule has 0 saturated carbocycles. The lowest BCUT2D eigenvalue weighted by molar-refractivity contribution is 0.0951. The summed E-state index contributed by atoms with van der Waals surface area (Å²) in [5.74, 6) is 2.85. The molecule has 2 heterocycles. The van der Waals surface area contributed by atoms with Gasteiger partial charge in [-0.2, -0.15) is 0 Å². The van der Waals surface area contributed by atoms with Gasteiger partial charge >= 0.3 is 0 Å². The van der Waals surface area contributed by atoms with Crippen molar-refractivity contribution in [2.24, 2.45) is 0 Å². The van der Waals surface area contributed by atoms with Crippen molar-refractivity contribution in [3.63, 3.8) is 0 Å². The van der Waals surface area contributed by atoms with Gasteiger partial charge in [-0.15, -0.1) is 0 Å². The van der Waals surface area contributed by atoms with Crippen LogP contribution in [-0.4, -0.2) is 47.8 Å². The Hall–Kier alpha value is -3.55. The lowest BCUT2D eigenvalue weighted by atomic mass is 10.1. The lowest BCUT2D eigenvalue weighted by Gasteiger charge is -2.13. The van der Waals surface area contributed by atoms with Crippen molar-refractivity contribution < 1.29 is 14.3 Å². The van der Waals surface area contributed by atoms with Gasteiger partial charge in [-0.25, -0.2) is 9.97 Å². The van der Waals surface area contributed by atoms with Gasteiger partial charge in [0.2, 0.25) is 0 Å². The third-order valence-electron chi connectivity index (χ3n) is 4.06. The number of para-hydroxylation sites is 1. The Morgan fingerprint density at radius 2 is 1.86 bits per heavy atom. The highest BCUT2D eigenvalue weighted by molar-refractivity contribution is 5.97. The molecule has 0 saturated heterocycles. The average molecular weight is 381 g/mol. The Morgan fingerprint density at radius 3 is 2.57 bits per heavy atom. The summed E-state index contributed by atoms with van der Waals surface area (Å²) in [5, 5.41) is 6.08. The number of anilines is 1. The average Bonchev–Trinajstić information content (AvgIpc) is 3.25. The van der Waals surface area contributed by atoms with Crippen LogP contribution >= 0.6 is 0 Å². The van der Waals surface area contributed by atoms with Crippen LogP contribution in [0.15, 0.2) is 48.8 Å². The van der Waals surface area contributed by atoms with E-state index < -0.39 is 0 Å². The number of aromatic nitrogens is 3. The molecular formula is C20H23N5O3. The van der Waals surface area contributed by atoms with Gasteiger partial charge in [-0.1, -0.05) is 6.07 Å². The Balaban J connectivity index is 1.59. The van der Waals surface area contributed by atoms with Crippen molar-refractivity contribution >= 4 is 11.7 Å². The first-order valence-corrected chi connectivity index (χ1v) is 8.84. The second kappa shape index (κ2) is 8.90. The summed E-state index contributed by atoms with van der Waals surface area (Å²) in [4.78, 5) is 21.3. The minimum absolute atomic E-state index is 0.232. The molecule has 0 unspecified atom stereocenters. The fourth-order valence-electron chi connectivity index (χ4n) is 2.79. The van der Waals surface area contributed by atoms with Crippen molar-refractivity contribution in [1.82, 2.24) is 19.9 Å². The number of carbonyl (C=O) groups excluding carboxylic acids is 1. The van der Waals surface area contributed by atoms with E-state index in [0.717, 1.165) is 5.82 Å². The van der Waals surface area contributed by atoms with E-state index >= 15 is 0 Å². The number of nitrogens with zero attached hydrogens (tertiary/aromatic N) is 3. The summed E-state index contributed by atoms with van der Waals surface area (Å²) in [5.41, 5.74) is 0.426. The molecule has 0 aliphatic rings. The Labute approximate surface area is 163 Å². The Bertz CT molecular complexity index is 941. The molecular weight excluding hydrogens is 358 g/mol. The van der Waals surface area contributed by atoms with Crippen LogP contribution in [0.4, 0.5) is 5.82 Å². The van der Waals surface area contributed by atoms with E-state index in [1.165, 1.54) is 14.2 Å². The quantitative estimate of drug-likeness (QED) is 0.583. The summed E-state index contributed by atoms with van der Waals surface area (Å²) in [6, 6.07) is 10.9. The summed E-state index contributed by atoms with van der Waals surface area (Å²) >= 11 is 0. The summed E-state index contributed by atoms with van der Waals surface area (Å²) in [7, 11) is 3.05. The first-order valence-electron chi connectivity index (χ1n) is 8.84. The van der Waals surface area contributed by atoms with E-state index in [0.29, 0.717) is 41.8 Å². The van der Waals surface area contributed by atoms with Crippen LogP contribution in [0.5, 0.6) is 11.5 Å². The van der Waals surface area contributed by atoms with Crippen LogP contribution in [-0.2, 0) is 0 Å². The molecule has 0 aliphatic carbocycles. The molecule has 28 heavy (non-hydrogen) atoms. The van der Waals surface area contributed by atoms with Crippen molar-refractivity contribution in [2.45, 2.75) is 6.92 Å². The maximum atomic E-state index is 12.5. The highest BCUT2D eigenvalue weighted by atomic mass is 16.5. The van der Waals surface area contributed by atoms with Crippen molar-refractivity contribution in [3.8, 4) is 17.3 Å². The SMILES string of the molecule is COc1cccc(C(=O)NCCNc2cc(-n3cccc3)nc(C)n2)c1OC. The number of ether oxygens (including phenoxy) is 2. The van der Waals surface area contributed by atoms with Gasteiger partial charge in [0.25, 0.3) is 5.91 Å². The molecule has 0 aliphatic heterocycles. The lowest BCUT2D eigenvalue weighted by Crippen LogP contribution is -2.29. The van der Waals surface area contributed by atoms with Crippen LogP contribution < -0.4 is 20.1 Å². The van der Waals surface area contributed by atoms with E-state index in [1.807, 2.05) is 42.1 Å². The molecule has 0 bridgehead atoms. The third-order valence-corrected chi connectivity index (χ3v) is 4.06. The molecule has 8 heteroatoms. The fraction of sp³-hybridized carbons (Fsp3) is 0.250. The predicted octanol–water partition coefficient (Wildman–Crippen LogP) is 2.43. The zero-order chi connectivity index (χ0) is 19.9. The van der Waals surface area contributed by atoms with Crippen molar-refractivity contribution in [3.05, 3.63) is 60.2 Å². The Kier molecular flexibility index (Phi) is 6.11. The first-order chi connectivity index (χ1) is 13.6. The molecule has 0 radical (unpaired) electrons. The van der Waals surface area contributed by atoms with E-state index in [1.54, 1.807) is 18.2 Å². The van der Waals surface area contributed by atoms with E-state index in [4.69, 9.17) is 9.47 Å². The highest BCUT2D eigenvalue weighted by Gasteiger charge is 2.15. The van der Waals surface area contributed by atoms with Crippen LogP contribution in [0.25, 0.3) is 5.82 Å². The molecule has 2 aromatic heterocycles. The number of rotatable bonds is 8. The van der Waals surface area contributed by atoms with Gasteiger partial charge < -0.3 is 24.7 Å². The van der Waals surface area contributed by atoms with Crippen LogP contribution in [0.1, 0.15) is 16.2 Å². The second-order valence-corrected chi connectivity index (χ2v) is 5.97. The first kappa shape index (κ1) is 19.2. The smallest absolute Gasteiger partial charge is 0.255 e. The van der Waals surface area contributed by atoms with Gasteiger partial charge in [0.1, 0.15) is 17.5 Å². The maximum Gasteiger partial charge on any atom is 0.255 e.